The highest BCUT2D eigenvalue weighted by Crippen LogP contribution is 2.23. The van der Waals surface area contributed by atoms with Gasteiger partial charge in [0.25, 0.3) is 5.91 Å². The lowest BCUT2D eigenvalue weighted by molar-refractivity contribution is -0.192. The third-order valence-corrected chi connectivity index (χ3v) is 5.44. The first-order valence-electron chi connectivity index (χ1n) is 9.97. The van der Waals surface area contributed by atoms with Crippen LogP contribution in [0.25, 0.3) is 5.52 Å². The third-order valence-electron chi connectivity index (χ3n) is 4.75. The summed E-state index contributed by atoms with van der Waals surface area (Å²) in [6.45, 7) is 3.85. The van der Waals surface area contributed by atoms with Gasteiger partial charge in [0.2, 0.25) is 0 Å². The van der Waals surface area contributed by atoms with Crippen molar-refractivity contribution in [2.75, 3.05) is 36.4 Å². The highest BCUT2D eigenvalue weighted by Gasteiger charge is 2.38. The molecular formula is C21H21BrF3N5O3. The van der Waals surface area contributed by atoms with Crippen molar-refractivity contribution in [3.63, 3.8) is 0 Å². The molecule has 4 rings (SSSR count). The van der Waals surface area contributed by atoms with Gasteiger partial charge in [-0.25, -0.2) is 9.31 Å². The molecular weight excluding hydrogens is 507 g/mol. The number of aromatic nitrogens is 2. The fourth-order valence-electron chi connectivity index (χ4n) is 3.14. The summed E-state index contributed by atoms with van der Waals surface area (Å²) < 4.78 is 34.3. The second kappa shape index (κ2) is 10.7. The number of amides is 1. The standard InChI is InChI=1S/C19H20BrN5O.C2HF3O2/c20-15-4-1-2-5-16(15)22-19(26)17-8-6-14-7-9-18(23-25(14)17)24-12-3-10-21-11-13-24;3-2(4,5)1(6)7/h1-2,4-9,21H,3,10-13H2,(H,22,26);(H,6,7). The average Bonchev–Trinajstić information content (AvgIpc) is 3.00. The average molecular weight is 528 g/mol. The number of alkyl halides is 3. The van der Waals surface area contributed by atoms with Crippen LogP contribution in [0.4, 0.5) is 24.7 Å². The van der Waals surface area contributed by atoms with Gasteiger partial charge in [0.15, 0.2) is 0 Å². The molecule has 0 radical (unpaired) electrons. The molecule has 33 heavy (non-hydrogen) atoms. The smallest absolute Gasteiger partial charge is 0.475 e. The highest BCUT2D eigenvalue weighted by atomic mass is 79.9. The molecule has 0 saturated carbocycles. The molecule has 1 fully saturated rings. The summed E-state index contributed by atoms with van der Waals surface area (Å²) in [5, 5.41) is 18.2. The van der Waals surface area contributed by atoms with Crippen molar-refractivity contribution < 1.29 is 27.9 Å². The summed E-state index contributed by atoms with van der Waals surface area (Å²) in [6.07, 6.45) is -4.00. The number of benzene rings is 1. The first-order valence-corrected chi connectivity index (χ1v) is 10.8. The molecule has 1 amide bonds. The van der Waals surface area contributed by atoms with Crippen LogP contribution in [0.15, 0.2) is 53.0 Å². The Balaban J connectivity index is 0.000000383. The number of hydrogen-bond donors (Lipinski definition) is 3. The molecule has 0 atom stereocenters. The zero-order valence-corrected chi connectivity index (χ0v) is 18.9. The van der Waals surface area contributed by atoms with Crippen LogP contribution in [0.5, 0.6) is 0 Å². The molecule has 3 aromatic rings. The SMILES string of the molecule is O=C(Nc1ccccc1Br)c1ccc2ccc(N3CCCNCC3)nn12.O=C(O)C(F)(F)F. The maximum Gasteiger partial charge on any atom is 0.490 e. The normalized spacial score (nSPS) is 14.2. The molecule has 0 aliphatic carbocycles. The largest absolute Gasteiger partial charge is 0.490 e. The van der Waals surface area contributed by atoms with E-state index >= 15 is 0 Å². The summed E-state index contributed by atoms with van der Waals surface area (Å²) >= 11 is 3.46. The number of fused-ring (bicyclic) bond motifs is 1. The Bertz CT molecular complexity index is 1130. The van der Waals surface area contributed by atoms with Gasteiger partial charge in [0.05, 0.1) is 11.2 Å². The number of carboxylic acid groups (broad SMARTS) is 1. The topological polar surface area (TPSA) is 99.0 Å². The minimum atomic E-state index is -5.08. The number of nitrogens with one attached hydrogen (secondary N) is 2. The van der Waals surface area contributed by atoms with Gasteiger partial charge in [-0.2, -0.15) is 13.2 Å². The zero-order valence-electron chi connectivity index (χ0n) is 17.3. The maximum atomic E-state index is 12.8. The lowest BCUT2D eigenvalue weighted by Gasteiger charge is -2.21. The van der Waals surface area contributed by atoms with Crippen molar-refractivity contribution in [2.45, 2.75) is 12.6 Å². The van der Waals surface area contributed by atoms with E-state index in [0.29, 0.717) is 5.69 Å². The number of aliphatic carboxylic acids is 1. The summed E-state index contributed by atoms with van der Waals surface area (Å²) in [4.78, 5) is 23.9. The predicted octanol–water partition coefficient (Wildman–Crippen LogP) is 3.78. The number of para-hydroxylation sites is 1. The molecule has 1 aliphatic rings. The van der Waals surface area contributed by atoms with Crippen LogP contribution in [-0.2, 0) is 4.79 Å². The first-order chi connectivity index (χ1) is 15.7. The summed E-state index contributed by atoms with van der Waals surface area (Å²) in [5.41, 5.74) is 2.16. The molecule has 1 saturated heterocycles. The molecule has 3 N–H and O–H groups in total. The van der Waals surface area contributed by atoms with E-state index in [-0.39, 0.29) is 5.91 Å². The number of rotatable bonds is 3. The van der Waals surface area contributed by atoms with Crippen LogP contribution >= 0.6 is 15.9 Å². The van der Waals surface area contributed by atoms with Gasteiger partial charge in [0, 0.05) is 24.1 Å². The van der Waals surface area contributed by atoms with Crippen LogP contribution in [0.3, 0.4) is 0 Å². The molecule has 12 heteroatoms. The fourth-order valence-corrected chi connectivity index (χ4v) is 3.53. The van der Waals surface area contributed by atoms with Crippen molar-refractivity contribution in [3.8, 4) is 0 Å². The van der Waals surface area contributed by atoms with Crippen LogP contribution in [0.1, 0.15) is 16.9 Å². The van der Waals surface area contributed by atoms with Crippen molar-refractivity contribution in [3.05, 3.63) is 58.7 Å². The Labute approximate surface area is 195 Å². The number of halogens is 4. The van der Waals surface area contributed by atoms with E-state index in [4.69, 9.17) is 15.0 Å². The zero-order chi connectivity index (χ0) is 24.0. The molecule has 1 aliphatic heterocycles. The van der Waals surface area contributed by atoms with Crippen LogP contribution < -0.4 is 15.5 Å². The second-order valence-electron chi connectivity index (χ2n) is 7.07. The Hall–Kier alpha value is -3.12. The molecule has 1 aromatic carbocycles. The van der Waals surface area contributed by atoms with Gasteiger partial charge in [-0.3, -0.25) is 4.79 Å². The molecule has 0 unspecified atom stereocenters. The summed E-state index contributed by atoms with van der Waals surface area (Å²) in [6, 6.07) is 15.3. The molecule has 176 valence electrons. The summed E-state index contributed by atoms with van der Waals surface area (Å²) in [7, 11) is 0. The molecule has 3 heterocycles. The Morgan fingerprint density at radius 2 is 1.76 bits per heavy atom. The number of carbonyl (C=O) groups is 2. The Kier molecular flexibility index (Phi) is 7.92. The van der Waals surface area contributed by atoms with Gasteiger partial charge in [-0.1, -0.05) is 12.1 Å². The first kappa shape index (κ1) is 24.5. The number of anilines is 2. The van der Waals surface area contributed by atoms with E-state index in [1.54, 1.807) is 4.52 Å². The predicted molar refractivity (Wildman–Crippen MR) is 121 cm³/mol. The number of nitrogens with zero attached hydrogens (tertiary/aromatic N) is 3. The van der Waals surface area contributed by atoms with Gasteiger partial charge < -0.3 is 20.6 Å². The lowest BCUT2D eigenvalue weighted by atomic mass is 10.3. The molecule has 2 aromatic heterocycles. The van der Waals surface area contributed by atoms with Crippen molar-refractivity contribution in [2.24, 2.45) is 0 Å². The number of hydrogen-bond acceptors (Lipinski definition) is 5. The quantitative estimate of drug-likeness (QED) is 0.479. The molecule has 8 nitrogen and oxygen atoms in total. The fraction of sp³-hybridized carbons (Fsp3) is 0.286. The van der Waals surface area contributed by atoms with E-state index in [1.807, 2.05) is 48.5 Å². The van der Waals surface area contributed by atoms with E-state index < -0.39 is 12.1 Å². The monoisotopic (exact) mass is 527 g/mol. The number of carbonyl (C=O) groups excluding carboxylic acids is 1. The van der Waals surface area contributed by atoms with Gasteiger partial charge in [0.1, 0.15) is 11.5 Å². The highest BCUT2D eigenvalue weighted by molar-refractivity contribution is 9.10. The minimum Gasteiger partial charge on any atom is -0.475 e. The Morgan fingerprint density at radius 1 is 1.06 bits per heavy atom. The van der Waals surface area contributed by atoms with Crippen molar-refractivity contribution in [1.82, 2.24) is 14.9 Å². The van der Waals surface area contributed by atoms with Crippen molar-refractivity contribution in [1.29, 1.82) is 0 Å². The van der Waals surface area contributed by atoms with Crippen molar-refractivity contribution >= 4 is 44.8 Å². The second-order valence-corrected chi connectivity index (χ2v) is 7.93. The Morgan fingerprint density at radius 3 is 2.45 bits per heavy atom. The van der Waals surface area contributed by atoms with Crippen LogP contribution in [-0.4, -0.2) is 59.0 Å². The lowest BCUT2D eigenvalue weighted by Crippen LogP contribution is -2.29. The van der Waals surface area contributed by atoms with E-state index in [1.165, 1.54) is 0 Å². The maximum absolute atomic E-state index is 12.8. The summed E-state index contributed by atoms with van der Waals surface area (Å²) in [5.74, 6) is -2.04. The van der Waals surface area contributed by atoms with Gasteiger partial charge >= 0.3 is 12.1 Å². The number of carboxylic acids is 1. The van der Waals surface area contributed by atoms with E-state index in [9.17, 15) is 18.0 Å². The van der Waals surface area contributed by atoms with Crippen LogP contribution in [0, 0.1) is 0 Å². The molecule has 0 spiro atoms. The van der Waals surface area contributed by atoms with E-state index in [2.05, 4.69) is 31.5 Å². The van der Waals surface area contributed by atoms with Gasteiger partial charge in [-0.15, -0.1) is 5.10 Å². The molecule has 0 bridgehead atoms. The third kappa shape index (κ3) is 6.45. The van der Waals surface area contributed by atoms with Gasteiger partial charge in [-0.05, 0) is 65.3 Å². The van der Waals surface area contributed by atoms with E-state index in [0.717, 1.165) is 54.1 Å². The van der Waals surface area contributed by atoms with Crippen LogP contribution in [0.2, 0.25) is 0 Å². The minimum absolute atomic E-state index is 0.181.